The first kappa shape index (κ1) is 21.2. The van der Waals surface area contributed by atoms with Crippen LogP contribution in [0.5, 0.6) is 0 Å². The van der Waals surface area contributed by atoms with E-state index < -0.39 is 0 Å². The van der Waals surface area contributed by atoms with Crippen molar-refractivity contribution in [3.63, 3.8) is 0 Å². The molecule has 2 aromatic heterocycles. The van der Waals surface area contributed by atoms with Gasteiger partial charge in [0.1, 0.15) is 9.71 Å². The second-order valence-corrected chi connectivity index (χ2v) is 9.14. The molecule has 4 nitrogen and oxygen atoms in total. The molecule has 162 valence electrons. The maximum Gasteiger partial charge on any atom is 0.267 e. The number of carbonyl (C=O) groups is 1. The molecule has 0 spiro atoms. The maximum absolute atomic E-state index is 13.2. The van der Waals surface area contributed by atoms with Crippen LogP contribution in [-0.2, 0) is 0 Å². The molecule has 0 fully saturated rings. The van der Waals surface area contributed by atoms with Gasteiger partial charge in [0, 0.05) is 21.7 Å². The largest absolute Gasteiger partial charge is 0.397 e. The monoisotopic (exact) mass is 469 g/mol. The molecule has 2 heterocycles. The van der Waals surface area contributed by atoms with Crippen molar-refractivity contribution in [1.82, 2.24) is 4.98 Å². The maximum atomic E-state index is 13.2. The molecule has 3 aromatic carbocycles. The fourth-order valence-electron chi connectivity index (χ4n) is 3.75. The van der Waals surface area contributed by atoms with Crippen LogP contribution in [0.15, 0.2) is 84.9 Å². The molecule has 33 heavy (non-hydrogen) atoms. The summed E-state index contributed by atoms with van der Waals surface area (Å²) in [5, 5.41) is 4.30. The van der Waals surface area contributed by atoms with Gasteiger partial charge in [-0.3, -0.25) is 4.79 Å². The number of anilines is 2. The number of thiophene rings is 1. The van der Waals surface area contributed by atoms with Crippen molar-refractivity contribution in [1.29, 1.82) is 0 Å². The van der Waals surface area contributed by atoms with Crippen LogP contribution in [0.3, 0.4) is 0 Å². The lowest BCUT2D eigenvalue weighted by Crippen LogP contribution is -2.12. The Morgan fingerprint density at radius 1 is 0.939 bits per heavy atom. The number of fused-ring (bicyclic) bond motifs is 1. The zero-order chi connectivity index (χ0) is 22.9. The van der Waals surface area contributed by atoms with E-state index >= 15 is 0 Å². The van der Waals surface area contributed by atoms with Crippen molar-refractivity contribution < 1.29 is 4.79 Å². The standard InChI is InChI=1S/C27H20ClN3OS/c1-16-12-13-19(14-21(16)28)30-26(32)25-24(29)23-20(17-8-4-2-5-9-17)15-22(31-27(23)33-25)18-10-6-3-7-11-18/h2-15H,29H2,1H3,(H,30,32). The van der Waals surface area contributed by atoms with E-state index in [2.05, 4.69) is 5.32 Å². The van der Waals surface area contributed by atoms with Crippen molar-refractivity contribution in [3.8, 4) is 22.4 Å². The predicted octanol–water partition coefficient (Wildman–Crippen LogP) is 7.43. The number of halogens is 1. The summed E-state index contributed by atoms with van der Waals surface area (Å²) in [5.74, 6) is -0.282. The van der Waals surface area contributed by atoms with Crippen LogP contribution in [0, 0.1) is 6.92 Å². The van der Waals surface area contributed by atoms with E-state index in [1.54, 1.807) is 6.07 Å². The molecular weight excluding hydrogens is 450 g/mol. The number of nitrogens with two attached hydrogens (primary N) is 1. The number of aryl methyl sites for hydroxylation is 1. The molecule has 0 saturated carbocycles. The van der Waals surface area contributed by atoms with Crippen molar-refractivity contribution in [3.05, 3.63) is 100 Å². The fourth-order valence-corrected chi connectivity index (χ4v) is 4.95. The van der Waals surface area contributed by atoms with Gasteiger partial charge in [-0.05, 0) is 41.8 Å². The molecule has 0 aliphatic carbocycles. The van der Waals surface area contributed by atoms with Gasteiger partial charge in [0.05, 0.1) is 11.4 Å². The number of hydrogen-bond acceptors (Lipinski definition) is 4. The minimum Gasteiger partial charge on any atom is -0.397 e. The number of amides is 1. The van der Waals surface area contributed by atoms with Gasteiger partial charge in [-0.1, -0.05) is 78.3 Å². The highest BCUT2D eigenvalue weighted by Crippen LogP contribution is 2.41. The van der Waals surface area contributed by atoms with E-state index in [0.717, 1.165) is 38.2 Å². The Kier molecular flexibility index (Phi) is 5.58. The van der Waals surface area contributed by atoms with Crippen molar-refractivity contribution >= 4 is 50.4 Å². The molecule has 5 aromatic rings. The lowest BCUT2D eigenvalue weighted by molar-refractivity contribution is 0.103. The molecule has 0 radical (unpaired) electrons. The molecule has 0 aliphatic rings. The Morgan fingerprint density at radius 3 is 2.27 bits per heavy atom. The highest BCUT2D eigenvalue weighted by molar-refractivity contribution is 7.21. The zero-order valence-corrected chi connectivity index (χ0v) is 19.4. The SMILES string of the molecule is Cc1ccc(NC(=O)c2sc3nc(-c4ccccc4)cc(-c4ccccc4)c3c2N)cc1Cl. The smallest absolute Gasteiger partial charge is 0.267 e. The Labute approximate surface area is 200 Å². The Morgan fingerprint density at radius 2 is 1.61 bits per heavy atom. The van der Waals surface area contributed by atoms with Crippen LogP contribution >= 0.6 is 22.9 Å². The van der Waals surface area contributed by atoms with Gasteiger partial charge in [0.15, 0.2) is 0 Å². The lowest BCUT2D eigenvalue weighted by Gasteiger charge is -2.09. The number of benzene rings is 3. The number of pyridine rings is 1. The second-order valence-electron chi connectivity index (χ2n) is 7.73. The van der Waals surface area contributed by atoms with E-state index in [4.69, 9.17) is 22.3 Å². The summed E-state index contributed by atoms with van der Waals surface area (Å²) in [6.45, 7) is 1.92. The lowest BCUT2D eigenvalue weighted by atomic mass is 9.99. The van der Waals surface area contributed by atoms with Crippen LogP contribution in [-0.4, -0.2) is 10.9 Å². The fraction of sp³-hybridized carbons (Fsp3) is 0.0370. The third kappa shape index (κ3) is 4.09. The van der Waals surface area contributed by atoms with Gasteiger partial charge >= 0.3 is 0 Å². The summed E-state index contributed by atoms with van der Waals surface area (Å²) < 4.78 is 0. The van der Waals surface area contributed by atoms with Gasteiger partial charge in [-0.15, -0.1) is 11.3 Å². The van der Waals surface area contributed by atoms with E-state index in [1.807, 2.05) is 85.8 Å². The number of rotatable bonds is 4. The van der Waals surface area contributed by atoms with Crippen LogP contribution in [0.4, 0.5) is 11.4 Å². The number of nitrogen functional groups attached to an aromatic ring is 1. The number of carbonyl (C=O) groups excluding carboxylic acids is 1. The third-order valence-corrected chi connectivity index (χ3v) is 6.99. The van der Waals surface area contributed by atoms with Crippen LogP contribution in [0.2, 0.25) is 5.02 Å². The van der Waals surface area contributed by atoms with Gasteiger partial charge in [-0.2, -0.15) is 0 Å². The molecule has 0 unspecified atom stereocenters. The summed E-state index contributed by atoms with van der Waals surface area (Å²) in [6, 6.07) is 27.5. The summed E-state index contributed by atoms with van der Waals surface area (Å²) in [4.78, 5) is 19.2. The zero-order valence-electron chi connectivity index (χ0n) is 17.8. The Balaban J connectivity index is 1.65. The highest BCUT2D eigenvalue weighted by Gasteiger charge is 2.22. The molecule has 5 rings (SSSR count). The highest BCUT2D eigenvalue weighted by atomic mass is 35.5. The minimum atomic E-state index is -0.282. The summed E-state index contributed by atoms with van der Waals surface area (Å²) >= 11 is 7.51. The summed E-state index contributed by atoms with van der Waals surface area (Å²) in [7, 11) is 0. The van der Waals surface area contributed by atoms with Gasteiger partial charge in [-0.25, -0.2) is 4.98 Å². The normalized spacial score (nSPS) is 11.0. The number of nitrogens with one attached hydrogen (secondary N) is 1. The van der Waals surface area contributed by atoms with Crippen molar-refractivity contribution in [2.24, 2.45) is 0 Å². The quantitative estimate of drug-likeness (QED) is 0.287. The molecule has 3 N–H and O–H groups in total. The first-order chi connectivity index (χ1) is 16.0. The minimum absolute atomic E-state index is 0.282. The van der Waals surface area contributed by atoms with Gasteiger partial charge in [0.2, 0.25) is 0 Å². The molecule has 0 atom stereocenters. The van der Waals surface area contributed by atoms with Crippen LogP contribution in [0.1, 0.15) is 15.2 Å². The van der Waals surface area contributed by atoms with Crippen molar-refractivity contribution in [2.75, 3.05) is 11.1 Å². The molecule has 1 amide bonds. The molecule has 6 heteroatoms. The van der Waals surface area contributed by atoms with Crippen molar-refractivity contribution in [2.45, 2.75) is 6.92 Å². The van der Waals surface area contributed by atoms with Crippen LogP contribution < -0.4 is 11.1 Å². The number of aromatic nitrogens is 1. The molecule has 0 bridgehead atoms. The van der Waals surface area contributed by atoms with Gasteiger partial charge in [0.25, 0.3) is 5.91 Å². The molecule has 0 saturated heterocycles. The molecule has 0 aliphatic heterocycles. The van der Waals surface area contributed by atoms with E-state index in [1.165, 1.54) is 11.3 Å². The van der Waals surface area contributed by atoms with Crippen LogP contribution in [0.25, 0.3) is 32.6 Å². The van der Waals surface area contributed by atoms with E-state index in [9.17, 15) is 4.79 Å². The third-order valence-electron chi connectivity index (χ3n) is 5.49. The van der Waals surface area contributed by atoms with E-state index in [-0.39, 0.29) is 5.91 Å². The first-order valence-corrected chi connectivity index (χ1v) is 11.6. The number of hydrogen-bond donors (Lipinski definition) is 2. The topological polar surface area (TPSA) is 68.0 Å². The van der Waals surface area contributed by atoms with E-state index in [0.29, 0.717) is 21.3 Å². The second kappa shape index (κ2) is 8.70. The van der Waals surface area contributed by atoms with Gasteiger partial charge < -0.3 is 11.1 Å². The average molecular weight is 470 g/mol. The predicted molar refractivity (Wildman–Crippen MR) is 139 cm³/mol. The Bertz CT molecular complexity index is 1480. The first-order valence-electron chi connectivity index (χ1n) is 10.4. The average Bonchev–Trinajstić information content (AvgIpc) is 3.18. The Hall–Kier alpha value is -3.67. The molecular formula is C27H20ClN3OS. The summed E-state index contributed by atoms with van der Waals surface area (Å²) in [5.41, 5.74) is 12.4. The summed E-state index contributed by atoms with van der Waals surface area (Å²) in [6.07, 6.45) is 0. The number of nitrogens with zero attached hydrogens (tertiary/aromatic N) is 1.